The molecule has 0 spiro atoms. The minimum absolute atomic E-state index is 0.0586. The molecule has 0 saturated heterocycles. The van der Waals surface area contributed by atoms with E-state index in [0.717, 1.165) is 28.6 Å². The molecule has 2 aliphatic rings. The van der Waals surface area contributed by atoms with Crippen molar-refractivity contribution in [1.29, 1.82) is 0 Å². The molecule has 0 saturated carbocycles. The Hall–Kier alpha value is -3.64. The van der Waals surface area contributed by atoms with E-state index in [2.05, 4.69) is 45.1 Å². The van der Waals surface area contributed by atoms with Gasteiger partial charge in [0.1, 0.15) is 43.0 Å². The predicted octanol–water partition coefficient (Wildman–Crippen LogP) is 1.18. The lowest BCUT2D eigenvalue weighted by Gasteiger charge is -2.33. The second-order valence-corrected chi connectivity index (χ2v) is 13.5. The normalized spacial score (nSPS) is 12.4. The smallest absolute Gasteiger partial charge is 0.182 e. The molecule has 0 aromatic heterocycles. The number of hydrogen-bond donors (Lipinski definition) is 1. The Bertz CT molecular complexity index is 1770. The first-order valence-electron chi connectivity index (χ1n) is 13.4. The largest absolute Gasteiger partial charge is 0.780 e. The number of nitrogens with zero attached hydrogens (tertiary/aromatic N) is 2. The molecule has 0 amide bonds. The van der Waals surface area contributed by atoms with E-state index >= 15 is 0 Å². The number of thiocarbonyl (C=S) groups is 1. The number of fused-ring (bicyclic) bond motifs is 2. The summed E-state index contributed by atoms with van der Waals surface area (Å²) in [4.78, 5) is 47.2. The van der Waals surface area contributed by atoms with E-state index in [1.807, 2.05) is 0 Å². The lowest BCUT2D eigenvalue weighted by molar-refractivity contribution is -0.936. The summed E-state index contributed by atoms with van der Waals surface area (Å²) in [7, 11) is 5.40. The Labute approximate surface area is 254 Å². The standard InChI is InChI=1S/C30H34N3O8PS/c1-32(2,3)14-15-33(4,5)13-12-31-29(43)19-6-9-22(30(35)36)25(16-19)28-23-10-7-20(34)17-26(23)40-27-18-21(8-11-24(27)28)41-42(37,38)39/h6-11,16-18H,12-15H2,1-5H3,(H2-2,31,35,36,37,38,39,43)/p-1. The van der Waals surface area contributed by atoms with Gasteiger partial charge in [0.15, 0.2) is 5.43 Å². The van der Waals surface area contributed by atoms with Crippen molar-refractivity contribution in [2.24, 2.45) is 0 Å². The number of carboxylic acid groups (broad SMARTS) is 1. The summed E-state index contributed by atoms with van der Waals surface area (Å²) in [6, 6.07) is 12.6. The molecular formula is C30H33N3O8PS-. The van der Waals surface area contributed by atoms with Crippen molar-refractivity contribution in [2.45, 2.75) is 0 Å². The zero-order valence-electron chi connectivity index (χ0n) is 24.5. The number of likely N-dealkylation sites (N-methyl/N-ethyl adjacent to an activating group) is 2. The van der Waals surface area contributed by atoms with Gasteiger partial charge in [-0.1, -0.05) is 24.4 Å². The van der Waals surface area contributed by atoms with Crippen LogP contribution in [0.25, 0.3) is 33.4 Å². The molecule has 13 heteroatoms. The van der Waals surface area contributed by atoms with Gasteiger partial charge in [0.2, 0.25) is 0 Å². The molecule has 1 aliphatic carbocycles. The lowest BCUT2D eigenvalue weighted by atomic mass is 9.89. The molecule has 0 bridgehead atoms. The molecule has 0 fully saturated rings. The van der Waals surface area contributed by atoms with Crippen LogP contribution < -0.4 is 30.2 Å². The van der Waals surface area contributed by atoms with Crippen LogP contribution in [0.4, 0.5) is 0 Å². The van der Waals surface area contributed by atoms with Gasteiger partial charge in [-0.25, -0.2) is 0 Å². The van der Waals surface area contributed by atoms with Crippen molar-refractivity contribution in [2.75, 3.05) is 61.4 Å². The Kier molecular flexibility index (Phi) is 9.13. The van der Waals surface area contributed by atoms with Gasteiger partial charge in [-0.3, -0.25) is 4.79 Å². The van der Waals surface area contributed by atoms with Crippen LogP contribution in [0.2, 0.25) is 0 Å². The van der Waals surface area contributed by atoms with E-state index in [-0.39, 0.29) is 33.6 Å². The minimum atomic E-state index is -5.36. The van der Waals surface area contributed by atoms with E-state index in [1.165, 1.54) is 42.5 Å². The van der Waals surface area contributed by atoms with Gasteiger partial charge in [-0.05, 0) is 35.9 Å². The molecule has 1 N–H and O–H groups in total. The summed E-state index contributed by atoms with van der Waals surface area (Å²) in [5, 5.41) is 15.9. The van der Waals surface area contributed by atoms with Gasteiger partial charge >= 0.3 is 0 Å². The van der Waals surface area contributed by atoms with Crippen LogP contribution in [0, 0.1) is 0 Å². The molecule has 4 rings (SSSR count). The first kappa shape index (κ1) is 32.3. The molecule has 1 aliphatic heterocycles. The van der Waals surface area contributed by atoms with Crippen LogP contribution in [-0.4, -0.2) is 81.3 Å². The highest BCUT2D eigenvalue weighted by molar-refractivity contribution is 7.80. The topological polar surface area (TPSA) is 155 Å². The van der Waals surface area contributed by atoms with Crippen molar-refractivity contribution in [3.8, 4) is 28.2 Å². The zero-order valence-corrected chi connectivity index (χ0v) is 26.3. The SMILES string of the molecule is C[N+](C)(C)CC[N+](C)(C)CCNC(=S)c1ccc(C(=O)[O-])c(-c2c3ccc(=O)cc-3oc3cc(OP(=O)([O-])[O-])ccc23)c1. The van der Waals surface area contributed by atoms with E-state index in [4.69, 9.17) is 16.6 Å². The maximum atomic E-state index is 12.3. The summed E-state index contributed by atoms with van der Waals surface area (Å²) in [6.45, 7) is 3.38. The molecular weight excluding hydrogens is 593 g/mol. The summed E-state index contributed by atoms with van der Waals surface area (Å²) < 4.78 is 23.2. The summed E-state index contributed by atoms with van der Waals surface area (Å²) >= 11 is 5.68. The van der Waals surface area contributed by atoms with Crippen molar-refractivity contribution in [1.82, 2.24) is 5.32 Å². The monoisotopic (exact) mass is 626 g/mol. The number of carboxylic acids is 1. The van der Waals surface area contributed by atoms with Gasteiger partial charge < -0.3 is 47.5 Å². The first-order chi connectivity index (χ1) is 19.9. The highest BCUT2D eigenvalue weighted by atomic mass is 32.1. The third kappa shape index (κ3) is 8.26. The molecule has 43 heavy (non-hydrogen) atoms. The highest BCUT2D eigenvalue weighted by Gasteiger charge is 2.22. The number of nitrogens with one attached hydrogen (secondary N) is 1. The average Bonchev–Trinajstić information content (AvgIpc) is 2.88. The number of phosphoric acid groups is 1. The van der Waals surface area contributed by atoms with Gasteiger partial charge in [0.05, 0.1) is 54.3 Å². The fourth-order valence-electron chi connectivity index (χ4n) is 4.65. The second kappa shape index (κ2) is 12.2. The van der Waals surface area contributed by atoms with Crippen LogP contribution in [-0.2, 0) is 4.57 Å². The van der Waals surface area contributed by atoms with Gasteiger partial charge in [0, 0.05) is 39.8 Å². The Morgan fingerprint density at radius 1 is 0.953 bits per heavy atom. The Morgan fingerprint density at radius 3 is 2.33 bits per heavy atom. The van der Waals surface area contributed by atoms with Crippen LogP contribution >= 0.6 is 20.0 Å². The number of rotatable bonds is 11. The number of carbonyl (C=O) groups excluding carboxylic acids is 1. The minimum Gasteiger partial charge on any atom is -0.780 e. The number of hydrogen-bond acceptors (Lipinski definition) is 9. The molecule has 11 nitrogen and oxygen atoms in total. The van der Waals surface area contributed by atoms with E-state index in [1.54, 1.807) is 12.1 Å². The van der Waals surface area contributed by atoms with E-state index in [9.17, 15) is 29.0 Å². The fraction of sp³-hybridized carbons (Fsp3) is 0.300. The number of quaternary nitrogens is 2. The quantitative estimate of drug-likeness (QED) is 0.111. The average molecular weight is 627 g/mol. The van der Waals surface area contributed by atoms with Gasteiger partial charge in [-0.2, -0.15) is 0 Å². The Balaban J connectivity index is 1.76. The molecule has 1 heterocycles. The molecule has 0 atom stereocenters. The molecule has 0 unspecified atom stereocenters. The molecule has 228 valence electrons. The van der Waals surface area contributed by atoms with Crippen LogP contribution in [0.15, 0.2) is 63.8 Å². The van der Waals surface area contributed by atoms with Crippen molar-refractivity contribution >= 4 is 42.0 Å². The first-order valence-corrected chi connectivity index (χ1v) is 15.3. The van der Waals surface area contributed by atoms with Crippen LogP contribution in [0.1, 0.15) is 15.9 Å². The third-order valence-electron chi connectivity index (χ3n) is 7.03. The summed E-state index contributed by atoms with van der Waals surface area (Å²) in [5.74, 6) is -1.61. The molecule has 2 aromatic carbocycles. The van der Waals surface area contributed by atoms with Crippen molar-refractivity contribution < 1.29 is 42.2 Å². The predicted molar refractivity (Wildman–Crippen MR) is 162 cm³/mol. The maximum absolute atomic E-state index is 12.3. The van der Waals surface area contributed by atoms with Gasteiger partial charge in [0.25, 0.3) is 0 Å². The third-order valence-corrected chi connectivity index (χ3v) is 7.85. The van der Waals surface area contributed by atoms with E-state index < -0.39 is 13.8 Å². The number of phosphoric ester groups is 1. The summed E-state index contributed by atoms with van der Waals surface area (Å²) in [6.07, 6.45) is 0. The highest BCUT2D eigenvalue weighted by Crippen LogP contribution is 2.43. The number of carbonyl (C=O) groups is 1. The zero-order chi connectivity index (χ0) is 31.7. The van der Waals surface area contributed by atoms with E-state index in [0.29, 0.717) is 33.6 Å². The summed E-state index contributed by atoms with van der Waals surface area (Å²) in [5.41, 5.74) is 1.19. The second-order valence-electron chi connectivity index (χ2n) is 12.0. The van der Waals surface area contributed by atoms with Crippen molar-refractivity contribution in [3.63, 3.8) is 0 Å². The number of aromatic carboxylic acids is 1. The molecule has 2 aromatic rings. The van der Waals surface area contributed by atoms with Crippen LogP contribution in [0.3, 0.4) is 0 Å². The van der Waals surface area contributed by atoms with Crippen molar-refractivity contribution in [3.05, 3.63) is 75.9 Å². The van der Waals surface area contributed by atoms with Gasteiger partial charge in [-0.15, -0.1) is 0 Å². The fourth-order valence-corrected chi connectivity index (χ4v) is 5.25. The maximum Gasteiger partial charge on any atom is 0.182 e. The Morgan fingerprint density at radius 2 is 1.67 bits per heavy atom. The lowest BCUT2D eigenvalue weighted by Crippen LogP contribution is -2.51. The van der Waals surface area contributed by atoms with Crippen LogP contribution in [0.5, 0.6) is 5.75 Å². The number of benzene rings is 3. The molecule has 0 radical (unpaired) electrons.